The fourth-order valence-corrected chi connectivity index (χ4v) is 19.1. The van der Waals surface area contributed by atoms with Gasteiger partial charge in [-0.3, -0.25) is 0 Å². The summed E-state index contributed by atoms with van der Waals surface area (Å²) in [5.41, 5.74) is 1.31. The van der Waals surface area contributed by atoms with Crippen LogP contribution in [0.25, 0.3) is 0 Å². The first-order valence-corrected chi connectivity index (χ1v) is 18.3. The van der Waals surface area contributed by atoms with Crippen LogP contribution in [-0.4, -0.2) is 72.6 Å². The Morgan fingerprint density at radius 1 is 0.885 bits per heavy atom. The molecule has 0 unspecified atom stereocenters. The molecule has 4 nitrogen and oxygen atoms in total. The molecule has 0 atom stereocenters. The predicted octanol–water partition coefficient (Wildman–Crippen LogP) is 4.46. The Bertz CT molecular complexity index is 451. The van der Waals surface area contributed by atoms with E-state index >= 15 is 0 Å². The van der Waals surface area contributed by atoms with Crippen LogP contribution in [0.3, 0.4) is 0 Å². The van der Waals surface area contributed by atoms with Crippen LogP contribution in [-0.2, 0) is 6.54 Å². The monoisotopic (exact) mass is 472 g/mol. The van der Waals surface area contributed by atoms with Gasteiger partial charge < -0.3 is 0 Å². The molecule has 0 fully saturated rings. The maximum atomic E-state index is 4.93. The van der Waals surface area contributed by atoms with Crippen molar-refractivity contribution in [1.82, 2.24) is 20.0 Å². The number of aromatic nitrogens is 2. The molecule has 1 N–H and O–H groups in total. The number of aromatic amines is 1. The van der Waals surface area contributed by atoms with Crippen molar-refractivity contribution in [3.05, 3.63) is 11.8 Å². The van der Waals surface area contributed by atoms with Gasteiger partial charge in [-0.2, -0.15) is 0 Å². The van der Waals surface area contributed by atoms with E-state index in [-0.39, 0.29) is 0 Å². The SMILES string of the molecule is CCC[CH2][Sn]([CH2]CCC)([CH2]CCC)[c]1cc(CN(C)CCN(C)C)[nH]n1. The summed E-state index contributed by atoms with van der Waals surface area (Å²) in [6.07, 6.45) is 8.15. The third kappa shape index (κ3) is 8.30. The van der Waals surface area contributed by atoms with Crippen molar-refractivity contribution < 1.29 is 0 Å². The van der Waals surface area contributed by atoms with Crippen molar-refractivity contribution in [1.29, 1.82) is 0 Å². The third-order valence-corrected chi connectivity index (χ3v) is 20.6. The van der Waals surface area contributed by atoms with E-state index in [9.17, 15) is 0 Å². The second-order valence-corrected chi connectivity index (χ2v) is 21.5. The molecule has 0 spiro atoms. The second kappa shape index (κ2) is 13.2. The molecule has 1 aromatic heterocycles. The number of hydrogen-bond acceptors (Lipinski definition) is 3. The van der Waals surface area contributed by atoms with E-state index < -0.39 is 18.4 Å². The van der Waals surface area contributed by atoms with Crippen molar-refractivity contribution >= 4 is 22.1 Å². The number of hydrogen-bond donors (Lipinski definition) is 1. The van der Waals surface area contributed by atoms with Crippen LogP contribution in [0.2, 0.25) is 13.3 Å². The zero-order valence-electron chi connectivity index (χ0n) is 18.4. The van der Waals surface area contributed by atoms with Crippen molar-refractivity contribution in [2.75, 3.05) is 34.2 Å². The average Bonchev–Trinajstić information content (AvgIpc) is 3.08. The topological polar surface area (TPSA) is 35.2 Å². The summed E-state index contributed by atoms with van der Waals surface area (Å²) in [7, 11) is 6.49. The molecule has 0 aliphatic carbocycles. The summed E-state index contributed by atoms with van der Waals surface area (Å²) < 4.78 is 6.01. The summed E-state index contributed by atoms with van der Waals surface area (Å²) in [5, 5.41) is 8.33. The first-order chi connectivity index (χ1) is 12.5. The summed E-state index contributed by atoms with van der Waals surface area (Å²) in [6.45, 7) is 10.2. The molecule has 26 heavy (non-hydrogen) atoms. The van der Waals surface area contributed by atoms with Gasteiger partial charge in [0.1, 0.15) is 0 Å². The van der Waals surface area contributed by atoms with Crippen molar-refractivity contribution in [3.8, 4) is 0 Å². The van der Waals surface area contributed by atoms with E-state index in [1.165, 1.54) is 61.2 Å². The number of H-pyrrole nitrogens is 1. The molecule has 1 rings (SSSR count). The maximum absolute atomic E-state index is 4.93. The van der Waals surface area contributed by atoms with Crippen LogP contribution in [0.5, 0.6) is 0 Å². The van der Waals surface area contributed by atoms with E-state index in [1.807, 2.05) is 0 Å². The van der Waals surface area contributed by atoms with Gasteiger partial charge >= 0.3 is 167 Å². The molecule has 1 aromatic rings. The van der Waals surface area contributed by atoms with Crippen LogP contribution < -0.4 is 3.71 Å². The molecule has 152 valence electrons. The van der Waals surface area contributed by atoms with Gasteiger partial charge in [0.25, 0.3) is 0 Å². The molecular weight excluding hydrogens is 427 g/mol. The van der Waals surface area contributed by atoms with Crippen molar-refractivity contribution in [3.63, 3.8) is 0 Å². The molecule has 0 aliphatic rings. The minimum absolute atomic E-state index is 0.984. The molecule has 0 amide bonds. The standard InChI is InChI=1S/C9H17N4.3C4H9.Sn/c1-12(2)6-7-13(3)8-9-4-5-10-11-9;3*1-3-4-2;/h4H,6-8H2,1-3H3,(H,10,11);3*1,3-4H2,2H3;. The number of nitrogens with one attached hydrogen (secondary N) is 1. The molecule has 5 heteroatoms. The molecular formula is C21H44N4Sn. The Morgan fingerprint density at radius 2 is 1.42 bits per heavy atom. The van der Waals surface area contributed by atoms with Gasteiger partial charge in [-0.1, -0.05) is 0 Å². The summed E-state index contributed by atoms with van der Waals surface area (Å²) in [6, 6.07) is 2.46. The van der Waals surface area contributed by atoms with Crippen molar-refractivity contribution in [2.45, 2.75) is 79.2 Å². The number of nitrogens with zero attached hydrogens (tertiary/aromatic N) is 3. The molecule has 0 radical (unpaired) electrons. The summed E-state index contributed by atoms with van der Waals surface area (Å²) in [4.78, 5) is 4.65. The number of rotatable bonds is 15. The van der Waals surface area contributed by atoms with Crippen LogP contribution in [0.1, 0.15) is 65.0 Å². The van der Waals surface area contributed by atoms with Crippen LogP contribution in [0, 0.1) is 0 Å². The molecule has 0 saturated heterocycles. The van der Waals surface area contributed by atoms with Crippen molar-refractivity contribution in [2.24, 2.45) is 0 Å². The predicted molar refractivity (Wildman–Crippen MR) is 118 cm³/mol. The Labute approximate surface area is 167 Å². The molecule has 0 aromatic carbocycles. The Hall–Kier alpha value is -0.0713. The van der Waals surface area contributed by atoms with Crippen LogP contribution >= 0.6 is 0 Å². The van der Waals surface area contributed by atoms with Gasteiger partial charge in [0, 0.05) is 0 Å². The second-order valence-electron chi connectivity index (χ2n) is 8.41. The van der Waals surface area contributed by atoms with E-state index in [1.54, 1.807) is 0 Å². The Balaban J connectivity index is 2.89. The van der Waals surface area contributed by atoms with Gasteiger partial charge in [-0.25, -0.2) is 0 Å². The number of likely N-dealkylation sites (N-methyl/N-ethyl adjacent to an activating group) is 2. The van der Waals surface area contributed by atoms with E-state index in [0.29, 0.717) is 0 Å². The van der Waals surface area contributed by atoms with Crippen LogP contribution in [0.4, 0.5) is 0 Å². The molecule has 0 bridgehead atoms. The zero-order chi connectivity index (χ0) is 19.4. The summed E-state index contributed by atoms with van der Waals surface area (Å²) in [5.74, 6) is 0. The molecule has 0 aliphatic heterocycles. The first kappa shape index (κ1) is 24.0. The Morgan fingerprint density at radius 3 is 1.88 bits per heavy atom. The quantitative estimate of drug-likeness (QED) is 0.384. The van der Waals surface area contributed by atoms with Gasteiger partial charge in [0.2, 0.25) is 0 Å². The summed E-state index contributed by atoms with van der Waals surface area (Å²) >= 11 is -2.36. The Kier molecular flexibility index (Phi) is 12.1. The minimum atomic E-state index is -2.36. The van der Waals surface area contributed by atoms with E-state index in [0.717, 1.165) is 19.6 Å². The third-order valence-electron chi connectivity index (χ3n) is 5.57. The van der Waals surface area contributed by atoms with E-state index in [4.69, 9.17) is 5.10 Å². The fraction of sp³-hybridized carbons (Fsp3) is 0.857. The van der Waals surface area contributed by atoms with E-state index in [2.05, 4.69) is 62.9 Å². The van der Waals surface area contributed by atoms with Gasteiger partial charge in [0.05, 0.1) is 0 Å². The first-order valence-electron chi connectivity index (χ1n) is 10.9. The number of unbranched alkanes of at least 4 members (excludes halogenated alkanes) is 3. The normalized spacial score (nSPS) is 12.5. The van der Waals surface area contributed by atoms with Crippen LogP contribution in [0.15, 0.2) is 6.07 Å². The van der Waals surface area contributed by atoms with Gasteiger partial charge in [-0.05, 0) is 0 Å². The zero-order valence-corrected chi connectivity index (χ0v) is 21.3. The van der Waals surface area contributed by atoms with Gasteiger partial charge in [-0.15, -0.1) is 0 Å². The average molecular weight is 471 g/mol. The molecule has 1 heterocycles. The fourth-order valence-electron chi connectivity index (χ4n) is 3.76. The molecule has 0 saturated carbocycles. The van der Waals surface area contributed by atoms with Gasteiger partial charge in [0.15, 0.2) is 0 Å².